The molecule has 0 rings (SSSR count). The third-order valence-corrected chi connectivity index (χ3v) is 11.3. The summed E-state index contributed by atoms with van der Waals surface area (Å²) in [5.41, 5.74) is 0. The van der Waals surface area contributed by atoms with Crippen LogP contribution in [0, 0.1) is 0 Å². The van der Waals surface area contributed by atoms with Crippen LogP contribution in [0.5, 0.6) is 0 Å². The molecule has 0 radical (unpaired) electrons. The minimum absolute atomic E-state index is 0.0734. The van der Waals surface area contributed by atoms with E-state index in [9.17, 15) is 15.0 Å². The number of unbranched alkanes of at least 4 members (excludes halogenated alkanes) is 32. The molecule has 3 N–H and O–H groups in total. The van der Waals surface area contributed by atoms with E-state index in [4.69, 9.17) is 0 Å². The van der Waals surface area contributed by atoms with Gasteiger partial charge in [-0.2, -0.15) is 0 Å². The van der Waals surface area contributed by atoms with Gasteiger partial charge in [0.05, 0.1) is 18.8 Å². The van der Waals surface area contributed by atoms with E-state index in [1.54, 1.807) is 6.08 Å². The van der Waals surface area contributed by atoms with Crippen molar-refractivity contribution in [3.05, 3.63) is 48.6 Å². The molecule has 0 aromatic rings. The van der Waals surface area contributed by atoms with Gasteiger partial charge in [-0.3, -0.25) is 4.79 Å². The average Bonchev–Trinajstić information content (AvgIpc) is 3.20. The topological polar surface area (TPSA) is 69.6 Å². The minimum atomic E-state index is -0.845. The van der Waals surface area contributed by atoms with E-state index in [1.165, 1.54) is 180 Å². The Balaban J connectivity index is 3.51. The third-order valence-electron chi connectivity index (χ3n) is 11.3. The minimum Gasteiger partial charge on any atom is -0.394 e. The highest BCUT2D eigenvalue weighted by Crippen LogP contribution is 2.16. The van der Waals surface area contributed by atoms with Crippen molar-refractivity contribution < 1.29 is 15.0 Å². The van der Waals surface area contributed by atoms with Gasteiger partial charge in [0.2, 0.25) is 5.91 Å². The highest BCUT2D eigenvalue weighted by atomic mass is 16.3. The van der Waals surface area contributed by atoms with Crippen LogP contribution in [0.15, 0.2) is 48.6 Å². The fourth-order valence-corrected chi connectivity index (χ4v) is 7.55. The Hall–Kier alpha value is -1.65. The maximum absolute atomic E-state index is 12.4. The molecule has 0 fully saturated rings. The number of hydrogen-bond acceptors (Lipinski definition) is 3. The Bertz CT molecular complexity index is 893. The van der Waals surface area contributed by atoms with Crippen molar-refractivity contribution in [2.45, 2.75) is 270 Å². The Labute approximate surface area is 350 Å². The van der Waals surface area contributed by atoms with Gasteiger partial charge in [0.1, 0.15) is 0 Å². The number of nitrogens with one attached hydrogen (secondary N) is 1. The highest BCUT2D eigenvalue weighted by Gasteiger charge is 2.18. The lowest BCUT2D eigenvalue weighted by molar-refractivity contribution is -0.123. The predicted octanol–water partition coefficient (Wildman–Crippen LogP) is 15.9. The van der Waals surface area contributed by atoms with Crippen molar-refractivity contribution in [2.24, 2.45) is 0 Å². The van der Waals surface area contributed by atoms with Gasteiger partial charge in [0.15, 0.2) is 0 Å². The highest BCUT2D eigenvalue weighted by molar-refractivity contribution is 5.76. The van der Waals surface area contributed by atoms with Gasteiger partial charge in [0, 0.05) is 6.42 Å². The molecule has 0 aliphatic carbocycles. The summed E-state index contributed by atoms with van der Waals surface area (Å²) in [7, 11) is 0. The van der Waals surface area contributed by atoms with Crippen molar-refractivity contribution in [3.8, 4) is 0 Å². The van der Waals surface area contributed by atoms with Crippen molar-refractivity contribution in [2.75, 3.05) is 6.61 Å². The van der Waals surface area contributed by atoms with E-state index in [2.05, 4.69) is 55.6 Å². The smallest absolute Gasteiger partial charge is 0.220 e. The number of carbonyl (C=O) groups is 1. The molecule has 0 saturated heterocycles. The van der Waals surface area contributed by atoms with Gasteiger partial charge in [0.25, 0.3) is 0 Å². The molecular formula is C52H97NO3. The number of carbonyl (C=O) groups excluding carboxylic acids is 1. The zero-order valence-electron chi connectivity index (χ0n) is 37.7. The number of allylic oxidation sites excluding steroid dienone is 7. The first kappa shape index (κ1) is 54.3. The average molecular weight is 784 g/mol. The maximum Gasteiger partial charge on any atom is 0.220 e. The molecule has 2 unspecified atom stereocenters. The normalized spacial score (nSPS) is 13.3. The van der Waals surface area contributed by atoms with Crippen LogP contribution in [0.4, 0.5) is 0 Å². The van der Waals surface area contributed by atoms with Gasteiger partial charge < -0.3 is 15.5 Å². The van der Waals surface area contributed by atoms with Crippen LogP contribution in [-0.2, 0) is 4.79 Å². The largest absolute Gasteiger partial charge is 0.394 e. The quantitative estimate of drug-likeness (QED) is 0.0425. The Morgan fingerprint density at radius 3 is 1.18 bits per heavy atom. The number of aliphatic hydroxyl groups is 2. The van der Waals surface area contributed by atoms with E-state index in [0.717, 1.165) is 57.8 Å². The van der Waals surface area contributed by atoms with E-state index in [-0.39, 0.29) is 12.5 Å². The fraction of sp³-hybridized carbons (Fsp3) is 0.827. The standard InChI is InChI=1S/C52H97NO3/c1-3-5-7-9-11-13-15-17-19-21-22-23-24-25-26-27-28-29-30-32-33-35-37-39-41-43-45-47-51(55)50(49-54)53-52(56)48-46-44-42-40-38-36-34-31-20-18-16-14-12-10-8-6-4-2/h6,8,12,14,18,20,45,47,50-51,54-55H,3-5,7,9-11,13,15-17,19,21-44,46,48-49H2,1-2H3,(H,53,56)/b8-6-,14-12-,20-18-,47-45+. The second-order valence-electron chi connectivity index (χ2n) is 16.9. The Kier molecular flexibility index (Phi) is 46.3. The lowest BCUT2D eigenvalue weighted by Gasteiger charge is -2.20. The van der Waals surface area contributed by atoms with E-state index >= 15 is 0 Å². The van der Waals surface area contributed by atoms with Crippen molar-refractivity contribution in [3.63, 3.8) is 0 Å². The van der Waals surface area contributed by atoms with Crippen molar-refractivity contribution >= 4 is 5.91 Å². The van der Waals surface area contributed by atoms with Crippen molar-refractivity contribution in [1.29, 1.82) is 0 Å². The second kappa shape index (κ2) is 47.7. The molecule has 0 bridgehead atoms. The summed E-state index contributed by atoms with van der Waals surface area (Å²) in [6.07, 6.45) is 65.3. The van der Waals surface area contributed by atoms with Gasteiger partial charge in [-0.05, 0) is 51.4 Å². The van der Waals surface area contributed by atoms with Crippen LogP contribution < -0.4 is 5.32 Å². The summed E-state index contributed by atoms with van der Waals surface area (Å²) in [4.78, 5) is 12.4. The molecule has 0 aromatic carbocycles. The maximum atomic E-state index is 12.4. The zero-order valence-corrected chi connectivity index (χ0v) is 37.7. The second-order valence-corrected chi connectivity index (χ2v) is 16.9. The lowest BCUT2D eigenvalue weighted by Crippen LogP contribution is -2.45. The summed E-state index contributed by atoms with van der Waals surface area (Å²) >= 11 is 0. The Morgan fingerprint density at radius 1 is 0.446 bits per heavy atom. The number of rotatable bonds is 45. The number of aliphatic hydroxyl groups excluding tert-OH is 2. The Morgan fingerprint density at radius 2 is 0.786 bits per heavy atom. The molecule has 2 atom stereocenters. The molecule has 0 heterocycles. The van der Waals surface area contributed by atoms with Crippen LogP contribution in [0.2, 0.25) is 0 Å². The van der Waals surface area contributed by atoms with Gasteiger partial charge in [-0.25, -0.2) is 0 Å². The van der Waals surface area contributed by atoms with Crippen LogP contribution in [-0.4, -0.2) is 34.9 Å². The molecule has 328 valence electrons. The van der Waals surface area contributed by atoms with Crippen LogP contribution in [0.25, 0.3) is 0 Å². The lowest BCUT2D eigenvalue weighted by atomic mass is 10.0. The summed E-state index contributed by atoms with van der Waals surface area (Å²) in [6, 6.07) is -0.629. The zero-order chi connectivity index (χ0) is 40.7. The van der Waals surface area contributed by atoms with Crippen molar-refractivity contribution in [1.82, 2.24) is 5.32 Å². The summed E-state index contributed by atoms with van der Waals surface area (Å²) in [5.74, 6) is -0.0734. The van der Waals surface area contributed by atoms with E-state index in [0.29, 0.717) is 6.42 Å². The van der Waals surface area contributed by atoms with Gasteiger partial charge in [-0.1, -0.05) is 249 Å². The molecule has 0 aliphatic rings. The predicted molar refractivity (Wildman–Crippen MR) is 248 cm³/mol. The molecular weight excluding hydrogens is 687 g/mol. The molecule has 0 aliphatic heterocycles. The molecule has 56 heavy (non-hydrogen) atoms. The number of hydrogen-bond donors (Lipinski definition) is 3. The number of amides is 1. The van der Waals surface area contributed by atoms with Crippen LogP contribution in [0.3, 0.4) is 0 Å². The molecule has 0 saturated carbocycles. The first-order valence-corrected chi connectivity index (χ1v) is 24.9. The first-order chi connectivity index (χ1) is 27.7. The molecule has 0 aromatic heterocycles. The molecule has 0 spiro atoms. The third kappa shape index (κ3) is 43.5. The van der Waals surface area contributed by atoms with Gasteiger partial charge >= 0.3 is 0 Å². The first-order valence-electron chi connectivity index (χ1n) is 24.9. The molecule has 4 heteroatoms. The monoisotopic (exact) mass is 784 g/mol. The fourth-order valence-electron chi connectivity index (χ4n) is 7.55. The molecule has 1 amide bonds. The van der Waals surface area contributed by atoms with Gasteiger partial charge in [-0.15, -0.1) is 0 Å². The summed E-state index contributed by atoms with van der Waals surface area (Å²) in [5, 5.41) is 23.1. The SMILES string of the molecule is CC/C=C\C/C=C\C/C=C\CCCCCCCCCC(=O)NC(CO)C(O)/C=C/CCCCCCCCCCCCCCCCCCCCCCCCCCC. The summed E-state index contributed by atoms with van der Waals surface area (Å²) in [6.45, 7) is 4.21. The van der Waals surface area contributed by atoms with Crippen LogP contribution in [0.1, 0.15) is 258 Å². The molecule has 4 nitrogen and oxygen atoms in total. The van der Waals surface area contributed by atoms with E-state index in [1.807, 2.05) is 6.08 Å². The van der Waals surface area contributed by atoms with E-state index < -0.39 is 12.1 Å². The summed E-state index contributed by atoms with van der Waals surface area (Å²) < 4.78 is 0. The van der Waals surface area contributed by atoms with Crippen LogP contribution >= 0.6 is 0 Å².